The van der Waals surface area contributed by atoms with Crippen molar-refractivity contribution in [3.8, 4) is 0 Å². The second kappa shape index (κ2) is 8.99. The fraction of sp³-hybridized carbons (Fsp3) is 0.444. The Balaban J connectivity index is 1.51. The summed E-state index contributed by atoms with van der Waals surface area (Å²) >= 11 is 6.06. The van der Waals surface area contributed by atoms with Gasteiger partial charge in [0.1, 0.15) is 12.0 Å². The first-order chi connectivity index (χ1) is 12.3. The van der Waals surface area contributed by atoms with E-state index in [2.05, 4.69) is 44.9 Å². The van der Waals surface area contributed by atoms with E-state index >= 15 is 0 Å². The summed E-state index contributed by atoms with van der Waals surface area (Å²) in [5, 5.41) is 6.70. The third kappa shape index (κ3) is 5.04. The lowest BCUT2D eigenvalue weighted by molar-refractivity contribution is -0.0390. The summed E-state index contributed by atoms with van der Waals surface area (Å²) in [4.78, 5) is 8.19. The first kappa shape index (κ1) is 17.9. The molecule has 25 heavy (non-hydrogen) atoms. The molecule has 0 aliphatic carbocycles. The van der Waals surface area contributed by atoms with E-state index in [9.17, 15) is 0 Å². The molecule has 1 fully saturated rings. The number of anilines is 2. The van der Waals surface area contributed by atoms with Gasteiger partial charge in [0.25, 0.3) is 0 Å². The van der Waals surface area contributed by atoms with Gasteiger partial charge in [-0.25, -0.2) is 9.97 Å². The molecule has 0 unspecified atom stereocenters. The highest BCUT2D eigenvalue weighted by Crippen LogP contribution is 2.25. The molecule has 1 aliphatic heterocycles. The van der Waals surface area contributed by atoms with Gasteiger partial charge in [0.05, 0.1) is 12.7 Å². The van der Waals surface area contributed by atoms with Crippen LogP contribution in [-0.4, -0.2) is 36.3 Å². The van der Waals surface area contributed by atoms with Gasteiger partial charge in [-0.15, -0.1) is 0 Å². The number of benzene rings is 1. The van der Waals surface area contributed by atoms with Crippen molar-refractivity contribution in [2.45, 2.75) is 32.1 Å². The molecular weight excluding hydrogens is 340 g/mol. The number of hydrogen-bond acceptors (Lipinski definition) is 6. The Bertz CT molecular complexity index is 675. The second-order valence-electron chi connectivity index (χ2n) is 5.93. The van der Waals surface area contributed by atoms with Crippen molar-refractivity contribution in [2.75, 3.05) is 30.9 Å². The maximum Gasteiger partial charge on any atom is 0.157 e. The molecular formula is C18H23ClN4O2. The average molecular weight is 363 g/mol. The monoisotopic (exact) mass is 362 g/mol. The quantitative estimate of drug-likeness (QED) is 0.735. The van der Waals surface area contributed by atoms with E-state index in [1.165, 1.54) is 11.9 Å². The maximum atomic E-state index is 6.06. The number of ether oxygens (including phenoxy) is 2. The summed E-state index contributed by atoms with van der Waals surface area (Å²) in [7, 11) is 1.79. The highest BCUT2D eigenvalue weighted by Gasteiger charge is 2.14. The normalized spacial score (nSPS) is 15.1. The molecule has 0 radical (unpaired) electrons. The summed E-state index contributed by atoms with van der Waals surface area (Å²) in [6.07, 6.45) is 3.73. The summed E-state index contributed by atoms with van der Waals surface area (Å²) in [5.74, 6) is 0.689. The van der Waals surface area contributed by atoms with E-state index in [0.29, 0.717) is 35.9 Å². The Hall–Kier alpha value is -1.89. The van der Waals surface area contributed by atoms with Gasteiger partial charge < -0.3 is 20.1 Å². The Labute approximate surface area is 152 Å². The molecule has 2 heterocycles. The van der Waals surface area contributed by atoms with Crippen LogP contribution in [0.2, 0.25) is 5.15 Å². The maximum absolute atomic E-state index is 6.06. The van der Waals surface area contributed by atoms with Crippen LogP contribution in [0.4, 0.5) is 11.5 Å². The first-order valence-corrected chi connectivity index (χ1v) is 8.83. The van der Waals surface area contributed by atoms with E-state index in [1.807, 2.05) is 0 Å². The minimum atomic E-state index is 0.317. The van der Waals surface area contributed by atoms with Crippen LogP contribution in [0.15, 0.2) is 30.6 Å². The molecule has 1 aromatic carbocycles. The number of rotatable bonds is 7. The third-order valence-electron chi connectivity index (χ3n) is 4.19. The van der Waals surface area contributed by atoms with Gasteiger partial charge in [-0.1, -0.05) is 35.9 Å². The molecule has 6 nitrogen and oxygen atoms in total. The van der Waals surface area contributed by atoms with Crippen LogP contribution in [0.25, 0.3) is 0 Å². The Morgan fingerprint density at radius 3 is 2.60 bits per heavy atom. The summed E-state index contributed by atoms with van der Waals surface area (Å²) < 4.78 is 11.3. The molecule has 1 saturated heterocycles. The highest BCUT2D eigenvalue weighted by atomic mass is 35.5. The predicted octanol–water partition coefficient (Wildman–Crippen LogP) is 3.48. The predicted molar refractivity (Wildman–Crippen MR) is 99.0 cm³/mol. The van der Waals surface area contributed by atoms with E-state index in [-0.39, 0.29) is 0 Å². The topological polar surface area (TPSA) is 68.3 Å². The van der Waals surface area contributed by atoms with Gasteiger partial charge in [-0.05, 0) is 24.0 Å². The molecule has 0 atom stereocenters. The molecule has 0 bridgehead atoms. The summed E-state index contributed by atoms with van der Waals surface area (Å²) in [6.45, 7) is 2.90. The van der Waals surface area contributed by atoms with Crippen molar-refractivity contribution >= 4 is 23.1 Å². The van der Waals surface area contributed by atoms with Crippen LogP contribution in [0.5, 0.6) is 0 Å². The number of halogens is 1. The molecule has 134 valence electrons. The van der Waals surface area contributed by atoms with Gasteiger partial charge >= 0.3 is 0 Å². The number of aromatic nitrogens is 2. The minimum Gasteiger partial charge on any atom is -0.383 e. The van der Waals surface area contributed by atoms with Crippen LogP contribution in [0, 0.1) is 0 Å². The van der Waals surface area contributed by atoms with E-state index in [0.717, 1.165) is 31.6 Å². The van der Waals surface area contributed by atoms with Crippen LogP contribution in [0.1, 0.15) is 24.0 Å². The molecule has 2 N–H and O–H groups in total. The highest BCUT2D eigenvalue weighted by molar-refractivity contribution is 6.32. The summed E-state index contributed by atoms with van der Waals surface area (Å²) in [6, 6.07) is 8.39. The van der Waals surface area contributed by atoms with Crippen LogP contribution >= 0.6 is 11.6 Å². The lowest BCUT2D eigenvalue weighted by Crippen LogP contribution is -2.23. The molecule has 1 aliphatic rings. The molecule has 0 amide bonds. The summed E-state index contributed by atoms with van der Waals surface area (Å²) in [5.41, 5.74) is 3.04. The molecule has 2 aromatic rings. The molecule has 7 heteroatoms. The lowest BCUT2D eigenvalue weighted by atomic mass is 10.1. The zero-order valence-corrected chi connectivity index (χ0v) is 15.1. The second-order valence-corrected chi connectivity index (χ2v) is 6.29. The lowest BCUT2D eigenvalue weighted by Gasteiger charge is -2.22. The van der Waals surface area contributed by atoms with Crippen molar-refractivity contribution in [1.29, 1.82) is 0 Å². The Morgan fingerprint density at radius 1 is 1.16 bits per heavy atom. The molecule has 0 spiro atoms. The van der Waals surface area contributed by atoms with E-state index in [4.69, 9.17) is 21.1 Å². The molecule has 3 rings (SSSR count). The van der Waals surface area contributed by atoms with Gasteiger partial charge in [0.15, 0.2) is 11.0 Å². The van der Waals surface area contributed by atoms with E-state index in [1.54, 1.807) is 7.05 Å². The van der Waals surface area contributed by atoms with E-state index < -0.39 is 0 Å². The van der Waals surface area contributed by atoms with Gasteiger partial charge in [-0.3, -0.25) is 0 Å². The zero-order valence-electron chi connectivity index (χ0n) is 14.3. The van der Waals surface area contributed by atoms with Gasteiger partial charge in [-0.2, -0.15) is 0 Å². The van der Waals surface area contributed by atoms with Crippen LogP contribution in [-0.2, 0) is 22.6 Å². The van der Waals surface area contributed by atoms with Gasteiger partial charge in [0.2, 0.25) is 0 Å². The molecule has 1 aromatic heterocycles. The fourth-order valence-electron chi connectivity index (χ4n) is 2.72. The molecule has 0 saturated carbocycles. The largest absolute Gasteiger partial charge is 0.383 e. The average Bonchev–Trinajstić information content (AvgIpc) is 2.66. The van der Waals surface area contributed by atoms with Crippen molar-refractivity contribution in [3.05, 3.63) is 46.9 Å². The third-order valence-corrected chi connectivity index (χ3v) is 4.47. The number of nitrogens with zero attached hydrogens (tertiary/aromatic N) is 2. The number of nitrogens with one attached hydrogen (secondary N) is 2. The van der Waals surface area contributed by atoms with Crippen molar-refractivity contribution in [2.24, 2.45) is 0 Å². The minimum absolute atomic E-state index is 0.317. The smallest absolute Gasteiger partial charge is 0.157 e. The Kier molecular flexibility index (Phi) is 6.44. The SMILES string of the molecule is CNc1c(Cl)ncnc1NCc1ccc(COC2CCOCC2)cc1. The van der Waals surface area contributed by atoms with Gasteiger partial charge in [0, 0.05) is 26.8 Å². The fourth-order valence-corrected chi connectivity index (χ4v) is 2.94. The zero-order chi connectivity index (χ0) is 17.5. The van der Waals surface area contributed by atoms with Crippen LogP contribution < -0.4 is 10.6 Å². The standard InChI is InChI=1S/C18H23ClN4O2/c1-20-16-17(19)22-12-23-18(16)21-10-13-2-4-14(5-3-13)11-25-15-6-8-24-9-7-15/h2-5,12,15,20H,6-11H2,1H3,(H,21,22,23). The van der Waals surface area contributed by atoms with Crippen LogP contribution in [0.3, 0.4) is 0 Å². The first-order valence-electron chi connectivity index (χ1n) is 8.45. The Morgan fingerprint density at radius 2 is 1.88 bits per heavy atom. The van der Waals surface area contributed by atoms with Crippen molar-refractivity contribution in [3.63, 3.8) is 0 Å². The van der Waals surface area contributed by atoms with Crippen molar-refractivity contribution in [1.82, 2.24) is 9.97 Å². The van der Waals surface area contributed by atoms with Crippen molar-refractivity contribution < 1.29 is 9.47 Å². The number of hydrogen-bond donors (Lipinski definition) is 2.